The Labute approximate surface area is 143 Å². The molecule has 1 aliphatic rings. The summed E-state index contributed by atoms with van der Waals surface area (Å²) in [7, 11) is -3.71. The first-order chi connectivity index (χ1) is 11.5. The first kappa shape index (κ1) is 17.1. The highest BCUT2D eigenvalue weighted by atomic mass is 32.2. The number of nitrogens with one attached hydrogen (secondary N) is 2. The van der Waals surface area contributed by atoms with Crippen molar-refractivity contribution < 1.29 is 17.6 Å². The van der Waals surface area contributed by atoms with Crippen molar-refractivity contribution >= 4 is 32.4 Å². The van der Waals surface area contributed by atoms with Gasteiger partial charge in [0, 0.05) is 12.5 Å². The molecule has 2 heterocycles. The van der Waals surface area contributed by atoms with Gasteiger partial charge in [0.1, 0.15) is 5.01 Å². The molecule has 2 aromatic heterocycles. The van der Waals surface area contributed by atoms with E-state index in [-0.39, 0.29) is 16.9 Å². The molecule has 1 fully saturated rings. The monoisotopic (exact) mass is 370 g/mol. The Balaban J connectivity index is 1.64. The van der Waals surface area contributed by atoms with E-state index in [1.807, 2.05) is 0 Å². The maximum atomic E-state index is 12.1. The number of amides is 1. The standard InChI is InChI=1S/C14H18N4O4S2/c1-2-3-4-11-16-17-14(23-11)15-13(19)10-7-8-12(22-10)24(20,21)18-9-5-6-9/h7-9,18H,2-6H2,1H3,(H,15,17,19). The van der Waals surface area contributed by atoms with Crippen LogP contribution in [0.5, 0.6) is 0 Å². The molecule has 0 aromatic carbocycles. The number of nitrogens with zero attached hydrogens (tertiary/aromatic N) is 2. The van der Waals surface area contributed by atoms with Crippen molar-refractivity contribution in [2.45, 2.75) is 50.2 Å². The van der Waals surface area contributed by atoms with Crippen molar-refractivity contribution in [1.82, 2.24) is 14.9 Å². The van der Waals surface area contributed by atoms with Crippen LogP contribution in [0, 0.1) is 0 Å². The molecule has 24 heavy (non-hydrogen) atoms. The van der Waals surface area contributed by atoms with Gasteiger partial charge in [0.25, 0.3) is 15.9 Å². The van der Waals surface area contributed by atoms with Crippen molar-refractivity contribution in [3.63, 3.8) is 0 Å². The third-order valence-electron chi connectivity index (χ3n) is 3.40. The van der Waals surface area contributed by atoms with Crippen LogP contribution >= 0.6 is 11.3 Å². The highest BCUT2D eigenvalue weighted by Crippen LogP contribution is 2.23. The minimum atomic E-state index is -3.71. The molecule has 2 aromatic rings. The molecule has 130 valence electrons. The van der Waals surface area contributed by atoms with Crippen molar-refractivity contribution in [2.24, 2.45) is 0 Å². The molecular weight excluding hydrogens is 352 g/mol. The number of furan rings is 1. The zero-order valence-corrected chi connectivity index (χ0v) is 14.7. The molecule has 10 heteroatoms. The van der Waals surface area contributed by atoms with Crippen LogP contribution in [0.1, 0.15) is 48.2 Å². The largest absolute Gasteiger partial charge is 0.438 e. The summed E-state index contributed by atoms with van der Waals surface area (Å²) < 4.78 is 31.7. The quantitative estimate of drug-likeness (QED) is 0.736. The van der Waals surface area contributed by atoms with Gasteiger partial charge in [-0.3, -0.25) is 10.1 Å². The zero-order valence-electron chi connectivity index (χ0n) is 13.1. The summed E-state index contributed by atoms with van der Waals surface area (Å²) in [6.45, 7) is 2.09. The summed E-state index contributed by atoms with van der Waals surface area (Å²) in [5.41, 5.74) is 0. The minimum Gasteiger partial charge on any atom is -0.438 e. The maximum absolute atomic E-state index is 12.1. The maximum Gasteiger partial charge on any atom is 0.293 e. The smallest absolute Gasteiger partial charge is 0.293 e. The molecule has 0 aliphatic heterocycles. The summed E-state index contributed by atoms with van der Waals surface area (Å²) in [5.74, 6) is -0.641. The van der Waals surface area contributed by atoms with E-state index in [0.29, 0.717) is 5.13 Å². The van der Waals surface area contributed by atoms with Crippen LogP contribution in [0.3, 0.4) is 0 Å². The SMILES string of the molecule is CCCCc1nnc(NC(=O)c2ccc(S(=O)(=O)NC3CC3)o2)s1. The van der Waals surface area contributed by atoms with Gasteiger partial charge in [0.15, 0.2) is 5.76 Å². The highest BCUT2D eigenvalue weighted by molar-refractivity contribution is 7.89. The minimum absolute atomic E-state index is 0.0275. The second-order valence-corrected chi connectivity index (χ2v) is 8.28. The average Bonchev–Trinajstić information content (AvgIpc) is 3.05. The number of anilines is 1. The van der Waals surface area contributed by atoms with Crippen molar-refractivity contribution in [2.75, 3.05) is 5.32 Å². The van der Waals surface area contributed by atoms with E-state index in [2.05, 4.69) is 27.2 Å². The number of sulfonamides is 1. The summed E-state index contributed by atoms with van der Waals surface area (Å²) in [6.07, 6.45) is 4.53. The molecular formula is C14H18N4O4S2. The second-order valence-electron chi connectivity index (χ2n) is 5.57. The van der Waals surface area contributed by atoms with Crippen LogP contribution in [0.15, 0.2) is 21.6 Å². The fourth-order valence-corrected chi connectivity index (χ4v) is 3.97. The number of hydrogen-bond acceptors (Lipinski definition) is 7. The zero-order chi connectivity index (χ0) is 17.2. The van der Waals surface area contributed by atoms with E-state index >= 15 is 0 Å². The van der Waals surface area contributed by atoms with Gasteiger partial charge < -0.3 is 4.42 Å². The van der Waals surface area contributed by atoms with Crippen LogP contribution < -0.4 is 10.0 Å². The lowest BCUT2D eigenvalue weighted by molar-refractivity contribution is 0.0991. The summed E-state index contributed by atoms with van der Waals surface area (Å²) >= 11 is 1.30. The van der Waals surface area contributed by atoms with Crippen LogP contribution in [-0.4, -0.2) is 30.6 Å². The number of hydrogen-bond donors (Lipinski definition) is 2. The van der Waals surface area contributed by atoms with Crippen LogP contribution in [0.4, 0.5) is 5.13 Å². The lowest BCUT2D eigenvalue weighted by Gasteiger charge is -2.01. The summed E-state index contributed by atoms with van der Waals surface area (Å²) in [6, 6.07) is 2.57. The lowest BCUT2D eigenvalue weighted by Crippen LogP contribution is -2.25. The number of aromatic nitrogens is 2. The Morgan fingerprint density at radius 2 is 2.17 bits per heavy atom. The lowest BCUT2D eigenvalue weighted by atomic mass is 10.3. The average molecular weight is 370 g/mol. The number of rotatable bonds is 8. The molecule has 1 saturated carbocycles. The molecule has 0 unspecified atom stereocenters. The van der Waals surface area contributed by atoms with Gasteiger partial charge in [-0.1, -0.05) is 24.7 Å². The van der Waals surface area contributed by atoms with Crippen LogP contribution in [0.2, 0.25) is 0 Å². The Kier molecular flexibility index (Phi) is 4.97. The van der Waals surface area contributed by atoms with Gasteiger partial charge in [-0.15, -0.1) is 10.2 Å². The molecule has 0 radical (unpaired) electrons. The predicted molar refractivity (Wildman–Crippen MR) is 88.5 cm³/mol. The van der Waals surface area contributed by atoms with Crippen molar-refractivity contribution in [3.05, 3.63) is 22.9 Å². The fourth-order valence-electron chi connectivity index (χ4n) is 1.96. The first-order valence-electron chi connectivity index (χ1n) is 7.74. The van der Waals surface area contributed by atoms with Gasteiger partial charge >= 0.3 is 0 Å². The van der Waals surface area contributed by atoms with Crippen molar-refractivity contribution in [3.8, 4) is 0 Å². The van der Waals surface area contributed by atoms with E-state index < -0.39 is 15.9 Å². The van der Waals surface area contributed by atoms with E-state index in [1.165, 1.54) is 23.5 Å². The molecule has 8 nitrogen and oxygen atoms in total. The van der Waals surface area contributed by atoms with E-state index in [1.54, 1.807) is 0 Å². The molecule has 3 rings (SSSR count). The topological polar surface area (TPSA) is 114 Å². The Hall–Kier alpha value is -1.78. The van der Waals surface area contributed by atoms with E-state index in [9.17, 15) is 13.2 Å². The van der Waals surface area contributed by atoms with Gasteiger partial charge in [0.05, 0.1) is 0 Å². The Morgan fingerprint density at radius 1 is 1.38 bits per heavy atom. The van der Waals surface area contributed by atoms with E-state index in [4.69, 9.17) is 4.42 Å². The molecule has 1 amide bonds. The molecule has 1 aliphatic carbocycles. The first-order valence-corrected chi connectivity index (χ1v) is 10.0. The van der Waals surface area contributed by atoms with Gasteiger partial charge in [-0.05, 0) is 31.4 Å². The second kappa shape index (κ2) is 6.99. The van der Waals surface area contributed by atoms with Crippen LogP contribution in [-0.2, 0) is 16.4 Å². The predicted octanol–water partition coefficient (Wildman–Crippen LogP) is 2.17. The van der Waals surface area contributed by atoms with Gasteiger partial charge in [-0.2, -0.15) is 0 Å². The number of carbonyl (C=O) groups excluding carboxylic acids is 1. The third kappa shape index (κ3) is 4.19. The number of carbonyl (C=O) groups is 1. The van der Waals surface area contributed by atoms with E-state index in [0.717, 1.165) is 37.1 Å². The Bertz CT molecular complexity index is 823. The summed E-state index contributed by atoms with van der Waals surface area (Å²) in [4.78, 5) is 12.1. The molecule has 2 N–H and O–H groups in total. The van der Waals surface area contributed by atoms with Gasteiger partial charge in [0.2, 0.25) is 10.2 Å². The molecule has 0 spiro atoms. The Morgan fingerprint density at radius 3 is 2.88 bits per heavy atom. The third-order valence-corrected chi connectivity index (χ3v) is 5.69. The molecule has 0 bridgehead atoms. The number of unbranched alkanes of at least 4 members (excludes halogenated alkanes) is 1. The summed E-state index contributed by atoms with van der Waals surface area (Å²) in [5, 5.41) is 11.4. The van der Waals surface area contributed by atoms with Crippen LogP contribution in [0.25, 0.3) is 0 Å². The normalized spacial score (nSPS) is 14.7. The van der Waals surface area contributed by atoms with Crippen molar-refractivity contribution in [1.29, 1.82) is 0 Å². The molecule has 0 atom stereocenters. The highest BCUT2D eigenvalue weighted by Gasteiger charge is 2.30. The van der Waals surface area contributed by atoms with Gasteiger partial charge in [-0.25, -0.2) is 13.1 Å². The fraction of sp³-hybridized carbons (Fsp3) is 0.500. The molecule has 0 saturated heterocycles. The number of aryl methyl sites for hydroxylation is 1.